The number of halogens is 3. The maximum atomic E-state index is 12.4. The Hall–Kier alpha value is -1.79. The minimum Gasteiger partial charge on any atom is -0.490 e. The highest BCUT2D eigenvalue weighted by molar-refractivity contribution is 5.89. The van der Waals surface area contributed by atoms with E-state index < -0.39 is 24.9 Å². The lowest BCUT2D eigenvalue weighted by atomic mass is 10.0. The Morgan fingerprint density at radius 1 is 1.19 bits per heavy atom. The van der Waals surface area contributed by atoms with Gasteiger partial charge in [0.15, 0.2) is 6.10 Å². The number of aliphatic hydroxyl groups is 1. The fourth-order valence-electron chi connectivity index (χ4n) is 2.04. The summed E-state index contributed by atoms with van der Waals surface area (Å²) >= 11 is 0. The Kier molecular flexibility index (Phi) is 4.39. The molecule has 3 nitrogen and oxygen atoms in total. The molecule has 0 bridgehead atoms. The highest BCUT2D eigenvalue weighted by Crippen LogP contribution is 2.33. The molecule has 0 radical (unpaired) electrons. The third-order valence-corrected chi connectivity index (χ3v) is 3.16. The van der Waals surface area contributed by atoms with Gasteiger partial charge in [0.1, 0.15) is 12.4 Å². The zero-order chi connectivity index (χ0) is 15.6. The van der Waals surface area contributed by atoms with Gasteiger partial charge in [-0.25, -0.2) is 0 Å². The van der Waals surface area contributed by atoms with E-state index in [1.165, 1.54) is 0 Å². The van der Waals surface area contributed by atoms with E-state index in [0.717, 1.165) is 5.39 Å². The lowest BCUT2D eigenvalue weighted by molar-refractivity contribution is -0.210. The molecule has 2 aromatic rings. The molecule has 0 fully saturated rings. The summed E-state index contributed by atoms with van der Waals surface area (Å²) in [5, 5.41) is 10.6. The van der Waals surface area contributed by atoms with Crippen molar-refractivity contribution in [3.8, 4) is 5.75 Å². The molecule has 2 aromatic carbocycles. The van der Waals surface area contributed by atoms with Crippen molar-refractivity contribution in [1.82, 2.24) is 0 Å². The topological polar surface area (TPSA) is 55.5 Å². The van der Waals surface area contributed by atoms with E-state index in [1.54, 1.807) is 25.1 Å². The van der Waals surface area contributed by atoms with Gasteiger partial charge in [0.25, 0.3) is 0 Å². The molecule has 0 aliphatic heterocycles. The van der Waals surface area contributed by atoms with Gasteiger partial charge >= 0.3 is 6.18 Å². The van der Waals surface area contributed by atoms with Gasteiger partial charge in [-0.2, -0.15) is 13.2 Å². The maximum Gasteiger partial charge on any atom is 0.417 e. The van der Waals surface area contributed by atoms with Crippen molar-refractivity contribution in [2.75, 3.05) is 6.61 Å². The fourth-order valence-corrected chi connectivity index (χ4v) is 2.04. The van der Waals surface area contributed by atoms with Gasteiger partial charge in [0.2, 0.25) is 0 Å². The molecule has 0 heterocycles. The van der Waals surface area contributed by atoms with Crippen molar-refractivity contribution in [2.24, 2.45) is 5.73 Å². The number of hydrogen-bond acceptors (Lipinski definition) is 3. The summed E-state index contributed by atoms with van der Waals surface area (Å²) in [4.78, 5) is 0. The van der Waals surface area contributed by atoms with Crippen molar-refractivity contribution in [3.05, 3.63) is 42.0 Å². The lowest BCUT2D eigenvalue weighted by Crippen LogP contribution is -2.34. The molecule has 21 heavy (non-hydrogen) atoms. The summed E-state index contributed by atoms with van der Waals surface area (Å²) in [5.41, 5.74) is 6.43. The van der Waals surface area contributed by atoms with Crippen LogP contribution in [0.2, 0.25) is 0 Å². The van der Waals surface area contributed by atoms with E-state index in [2.05, 4.69) is 0 Å². The normalized spacial score (nSPS) is 15.0. The third kappa shape index (κ3) is 3.46. The Bertz CT molecular complexity index is 626. The fraction of sp³-hybridized carbons (Fsp3) is 0.333. The van der Waals surface area contributed by atoms with E-state index in [1.807, 2.05) is 18.2 Å². The molecule has 3 N–H and O–H groups in total. The molecular formula is C15H16F3NO2. The predicted octanol–water partition coefficient (Wildman–Crippen LogP) is 3.16. The van der Waals surface area contributed by atoms with E-state index in [4.69, 9.17) is 15.6 Å². The summed E-state index contributed by atoms with van der Waals surface area (Å²) in [6.07, 6.45) is -7.24. The van der Waals surface area contributed by atoms with Crippen molar-refractivity contribution in [3.63, 3.8) is 0 Å². The van der Waals surface area contributed by atoms with Crippen LogP contribution in [0.4, 0.5) is 13.2 Å². The molecule has 0 aliphatic carbocycles. The molecule has 6 heteroatoms. The Labute approximate surface area is 120 Å². The summed E-state index contributed by atoms with van der Waals surface area (Å²) in [5.74, 6) is 0.284. The lowest BCUT2D eigenvalue weighted by Gasteiger charge is -2.20. The summed E-state index contributed by atoms with van der Waals surface area (Å²) in [6, 6.07) is 10.3. The van der Waals surface area contributed by atoms with E-state index in [0.29, 0.717) is 10.9 Å². The second-order valence-corrected chi connectivity index (χ2v) is 4.86. The van der Waals surface area contributed by atoms with Gasteiger partial charge in [-0.15, -0.1) is 0 Å². The molecule has 0 amide bonds. The van der Waals surface area contributed by atoms with E-state index in [-0.39, 0.29) is 5.75 Å². The SMILES string of the molecule is C[C@@H](N)c1ccc2ccccc2c1OCC(O)C(F)(F)F. The predicted molar refractivity (Wildman–Crippen MR) is 74.1 cm³/mol. The smallest absolute Gasteiger partial charge is 0.417 e. The Morgan fingerprint density at radius 2 is 1.86 bits per heavy atom. The van der Waals surface area contributed by atoms with E-state index in [9.17, 15) is 13.2 Å². The third-order valence-electron chi connectivity index (χ3n) is 3.16. The minimum absolute atomic E-state index is 0.284. The summed E-state index contributed by atoms with van der Waals surface area (Å²) in [7, 11) is 0. The number of benzene rings is 2. The molecule has 2 atom stereocenters. The van der Waals surface area contributed by atoms with Crippen LogP contribution in [0.3, 0.4) is 0 Å². The molecule has 1 unspecified atom stereocenters. The molecule has 114 valence electrons. The number of hydrogen-bond donors (Lipinski definition) is 2. The van der Waals surface area contributed by atoms with Crippen molar-refractivity contribution >= 4 is 10.8 Å². The highest BCUT2D eigenvalue weighted by atomic mass is 19.4. The van der Waals surface area contributed by atoms with Crippen LogP contribution in [0.1, 0.15) is 18.5 Å². The number of rotatable bonds is 4. The first-order valence-corrected chi connectivity index (χ1v) is 6.45. The molecule has 0 aromatic heterocycles. The standard InChI is InChI=1S/C15H16F3NO2/c1-9(19)11-7-6-10-4-2-3-5-12(10)14(11)21-8-13(20)15(16,17)18/h2-7,9,13,20H,8,19H2,1H3/t9-,13?/m1/s1. The second-order valence-electron chi connectivity index (χ2n) is 4.86. The van der Waals surface area contributed by atoms with Gasteiger partial charge in [-0.3, -0.25) is 0 Å². The zero-order valence-electron chi connectivity index (χ0n) is 11.4. The largest absolute Gasteiger partial charge is 0.490 e. The van der Waals surface area contributed by atoms with Crippen LogP contribution >= 0.6 is 0 Å². The maximum absolute atomic E-state index is 12.4. The Morgan fingerprint density at radius 3 is 2.48 bits per heavy atom. The van der Waals surface area contributed by atoms with Crippen LogP contribution in [0.15, 0.2) is 36.4 Å². The summed E-state index contributed by atoms with van der Waals surface area (Å²) in [6.45, 7) is 0.856. The molecule has 0 spiro atoms. The highest BCUT2D eigenvalue weighted by Gasteiger charge is 2.39. The van der Waals surface area contributed by atoms with Crippen molar-refractivity contribution < 1.29 is 23.0 Å². The van der Waals surface area contributed by atoms with Gasteiger partial charge in [0.05, 0.1) is 0 Å². The molecular weight excluding hydrogens is 283 g/mol. The molecule has 2 rings (SSSR count). The number of aliphatic hydroxyl groups excluding tert-OH is 1. The number of nitrogens with two attached hydrogens (primary N) is 1. The molecule has 0 aliphatic rings. The van der Waals surface area contributed by atoms with E-state index >= 15 is 0 Å². The zero-order valence-corrected chi connectivity index (χ0v) is 11.4. The number of alkyl halides is 3. The quantitative estimate of drug-likeness (QED) is 0.911. The first-order valence-electron chi connectivity index (χ1n) is 6.45. The average molecular weight is 299 g/mol. The number of ether oxygens (including phenoxy) is 1. The second kappa shape index (κ2) is 5.91. The Balaban J connectivity index is 2.38. The molecule has 0 saturated heterocycles. The van der Waals surface area contributed by atoms with Crippen molar-refractivity contribution in [2.45, 2.75) is 25.2 Å². The first-order chi connectivity index (χ1) is 9.80. The van der Waals surface area contributed by atoms with Crippen LogP contribution < -0.4 is 10.5 Å². The van der Waals surface area contributed by atoms with Gasteiger partial charge in [-0.1, -0.05) is 36.4 Å². The van der Waals surface area contributed by atoms with Crippen LogP contribution in [-0.4, -0.2) is 24.0 Å². The van der Waals surface area contributed by atoms with Crippen LogP contribution in [0, 0.1) is 0 Å². The van der Waals surface area contributed by atoms with Crippen LogP contribution in [0.5, 0.6) is 5.75 Å². The number of fused-ring (bicyclic) bond motifs is 1. The first kappa shape index (κ1) is 15.6. The van der Waals surface area contributed by atoms with Crippen LogP contribution in [0.25, 0.3) is 10.8 Å². The monoisotopic (exact) mass is 299 g/mol. The summed E-state index contributed by atoms with van der Waals surface area (Å²) < 4.78 is 42.4. The minimum atomic E-state index is -4.71. The van der Waals surface area contributed by atoms with Crippen molar-refractivity contribution in [1.29, 1.82) is 0 Å². The van der Waals surface area contributed by atoms with Gasteiger partial charge in [0, 0.05) is 17.0 Å². The van der Waals surface area contributed by atoms with Gasteiger partial charge < -0.3 is 15.6 Å². The molecule has 0 saturated carbocycles. The average Bonchev–Trinajstić information content (AvgIpc) is 2.42. The van der Waals surface area contributed by atoms with Crippen LogP contribution in [-0.2, 0) is 0 Å². The van der Waals surface area contributed by atoms with Gasteiger partial charge in [-0.05, 0) is 12.3 Å².